The molecule has 4 rings (SSSR count). The number of rotatable bonds is 10. The summed E-state index contributed by atoms with van der Waals surface area (Å²) in [6, 6.07) is 5.22. The molecular weight excluding hydrogens is 592 g/mol. The number of hydrogen-bond acceptors (Lipinski definition) is 8. The lowest BCUT2D eigenvalue weighted by Crippen LogP contribution is -2.44. The number of benzene rings is 1. The Morgan fingerprint density at radius 3 is 2.53 bits per heavy atom. The molecule has 11 nitrogen and oxygen atoms in total. The van der Waals surface area contributed by atoms with Crippen LogP contribution in [0.25, 0.3) is 0 Å². The minimum absolute atomic E-state index is 0.0263. The lowest BCUT2D eigenvalue weighted by atomic mass is 10.0. The molecule has 2 fully saturated rings. The van der Waals surface area contributed by atoms with Gasteiger partial charge in [0.15, 0.2) is 0 Å². The normalized spacial score (nSPS) is 19.0. The zero-order valence-corrected chi connectivity index (χ0v) is 26.8. The van der Waals surface area contributed by atoms with E-state index in [4.69, 9.17) is 22.1 Å². The SMILES string of the molecule is CNC1=C(C(N)=Nc2ccc(OC3CCN(C(=O)C4CCCC4)CC3)c(Cl)c2)C=C(C(=O)N(C)CCS(C)(=O)=O)CCN1. The van der Waals surface area contributed by atoms with Gasteiger partial charge in [-0.05, 0) is 43.5 Å². The number of aliphatic imine (C=N–C) groups is 1. The summed E-state index contributed by atoms with van der Waals surface area (Å²) in [6.45, 7) is 1.96. The van der Waals surface area contributed by atoms with E-state index >= 15 is 0 Å². The number of carbonyl (C=O) groups excluding carboxylic acids is 2. The maximum atomic E-state index is 13.1. The number of nitrogens with one attached hydrogen (secondary N) is 2. The molecule has 1 aromatic rings. The highest BCUT2D eigenvalue weighted by Gasteiger charge is 2.30. The third-order valence-corrected chi connectivity index (χ3v) is 9.37. The van der Waals surface area contributed by atoms with E-state index in [2.05, 4.69) is 15.6 Å². The average molecular weight is 635 g/mol. The number of ether oxygens (including phenoxy) is 1. The largest absolute Gasteiger partial charge is 0.489 e. The predicted molar refractivity (Wildman–Crippen MR) is 169 cm³/mol. The lowest BCUT2D eigenvalue weighted by Gasteiger charge is -2.33. The number of piperidine rings is 1. The second-order valence-corrected chi connectivity index (χ2v) is 14.1. The van der Waals surface area contributed by atoms with E-state index in [-0.39, 0.29) is 36.1 Å². The van der Waals surface area contributed by atoms with E-state index < -0.39 is 9.84 Å². The standard InChI is InChI=1S/C30H43ClN6O5S/c1-33-28-24(18-21(10-13-34-28)29(38)36(2)16-17-43(3,40)41)27(32)35-22-8-9-26(25(31)19-22)42-23-11-14-37(15-12-23)30(39)20-6-4-5-7-20/h8-9,18-20,23,33-34H,4-7,10-17H2,1-3H3,(H2,32,35). The Hall–Kier alpha value is -3.25. The highest BCUT2D eigenvalue weighted by atomic mass is 35.5. The van der Waals surface area contributed by atoms with Gasteiger partial charge in [-0.3, -0.25) is 9.59 Å². The minimum atomic E-state index is -3.20. The number of nitrogens with zero attached hydrogens (tertiary/aromatic N) is 3. The summed E-state index contributed by atoms with van der Waals surface area (Å²) in [4.78, 5) is 33.8. The minimum Gasteiger partial charge on any atom is -0.489 e. The Morgan fingerprint density at radius 2 is 1.91 bits per heavy atom. The molecule has 3 aliphatic rings. The maximum absolute atomic E-state index is 13.1. The average Bonchev–Trinajstić information content (AvgIpc) is 3.43. The van der Waals surface area contributed by atoms with Gasteiger partial charge in [0, 0.05) is 70.9 Å². The van der Waals surface area contributed by atoms with Crippen LogP contribution in [0.3, 0.4) is 0 Å². The number of likely N-dealkylation sites (tertiary alicyclic amines) is 1. The summed E-state index contributed by atoms with van der Waals surface area (Å²) in [5.74, 6) is 1.44. The lowest BCUT2D eigenvalue weighted by molar-refractivity contribution is -0.137. The van der Waals surface area contributed by atoms with Crippen LogP contribution in [0, 0.1) is 5.92 Å². The fourth-order valence-electron chi connectivity index (χ4n) is 5.64. The van der Waals surface area contributed by atoms with E-state index in [9.17, 15) is 18.0 Å². The van der Waals surface area contributed by atoms with E-state index in [1.807, 2.05) is 4.90 Å². The van der Waals surface area contributed by atoms with Crippen LogP contribution in [0.2, 0.25) is 5.02 Å². The van der Waals surface area contributed by atoms with Crippen molar-refractivity contribution in [3.63, 3.8) is 0 Å². The topological polar surface area (TPSA) is 146 Å². The van der Waals surface area contributed by atoms with Gasteiger partial charge in [0.05, 0.1) is 22.0 Å². The molecule has 1 aromatic carbocycles. The van der Waals surface area contributed by atoms with Gasteiger partial charge < -0.3 is 30.9 Å². The molecule has 0 radical (unpaired) electrons. The van der Waals surface area contributed by atoms with Crippen LogP contribution in [-0.2, 0) is 19.4 Å². The third kappa shape index (κ3) is 8.88. The number of sulfone groups is 1. The van der Waals surface area contributed by atoms with Crippen LogP contribution in [0.15, 0.2) is 46.2 Å². The Balaban J connectivity index is 1.42. The molecule has 1 aliphatic carbocycles. The van der Waals surface area contributed by atoms with Crippen molar-refractivity contribution in [2.45, 2.75) is 51.0 Å². The van der Waals surface area contributed by atoms with Crippen LogP contribution in [-0.4, -0.2) is 94.3 Å². The molecule has 13 heteroatoms. The Kier molecular flexibility index (Phi) is 11.0. The Bertz CT molecular complexity index is 1400. The van der Waals surface area contributed by atoms with Gasteiger partial charge >= 0.3 is 0 Å². The molecule has 4 N–H and O–H groups in total. The van der Waals surface area contributed by atoms with Gasteiger partial charge in [-0.2, -0.15) is 0 Å². The van der Waals surface area contributed by atoms with E-state index in [0.29, 0.717) is 65.4 Å². The molecule has 2 aliphatic heterocycles. The smallest absolute Gasteiger partial charge is 0.249 e. The number of hydrogen-bond donors (Lipinski definition) is 3. The number of amidine groups is 1. The van der Waals surface area contributed by atoms with Crippen molar-refractivity contribution < 1.29 is 22.7 Å². The number of likely N-dealkylation sites (N-methyl/N-ethyl adjacent to an activating group) is 1. The number of halogens is 1. The van der Waals surface area contributed by atoms with Crippen LogP contribution in [0.4, 0.5) is 5.69 Å². The van der Waals surface area contributed by atoms with Crippen molar-refractivity contribution in [2.24, 2.45) is 16.6 Å². The van der Waals surface area contributed by atoms with Crippen molar-refractivity contribution in [1.29, 1.82) is 0 Å². The molecule has 1 saturated heterocycles. The summed E-state index contributed by atoms with van der Waals surface area (Å²) in [6.07, 6.45) is 9.06. The second-order valence-electron chi connectivity index (χ2n) is 11.5. The number of nitrogens with two attached hydrogens (primary N) is 1. The fourth-order valence-corrected chi connectivity index (χ4v) is 6.46. The molecule has 2 heterocycles. The van der Waals surface area contributed by atoms with Gasteiger partial charge in [-0.1, -0.05) is 24.4 Å². The van der Waals surface area contributed by atoms with Crippen molar-refractivity contribution in [3.05, 3.63) is 46.3 Å². The highest BCUT2D eigenvalue weighted by molar-refractivity contribution is 7.90. The van der Waals surface area contributed by atoms with Gasteiger partial charge in [0.1, 0.15) is 33.3 Å². The zero-order valence-electron chi connectivity index (χ0n) is 25.2. The molecular formula is C30H43ClN6O5S. The summed E-state index contributed by atoms with van der Waals surface area (Å²) in [5.41, 5.74) is 7.96. The van der Waals surface area contributed by atoms with Crippen LogP contribution < -0.4 is 21.1 Å². The van der Waals surface area contributed by atoms with Gasteiger partial charge in [-0.15, -0.1) is 0 Å². The second kappa shape index (κ2) is 14.5. The third-order valence-electron chi connectivity index (χ3n) is 8.15. The molecule has 0 atom stereocenters. The highest BCUT2D eigenvalue weighted by Crippen LogP contribution is 2.32. The van der Waals surface area contributed by atoms with E-state index in [0.717, 1.165) is 44.8 Å². The number of amides is 2. The quantitative estimate of drug-likeness (QED) is 0.263. The van der Waals surface area contributed by atoms with E-state index in [1.165, 1.54) is 4.90 Å². The molecule has 0 spiro atoms. The Morgan fingerprint density at radius 1 is 1.21 bits per heavy atom. The summed E-state index contributed by atoms with van der Waals surface area (Å²) in [7, 11) is 0.120. The monoisotopic (exact) mass is 634 g/mol. The van der Waals surface area contributed by atoms with Crippen molar-refractivity contribution in [2.75, 3.05) is 52.3 Å². The summed E-state index contributed by atoms with van der Waals surface area (Å²) in [5, 5.41) is 6.71. The molecule has 236 valence electrons. The summed E-state index contributed by atoms with van der Waals surface area (Å²) < 4.78 is 29.3. The van der Waals surface area contributed by atoms with Crippen LogP contribution in [0.1, 0.15) is 44.9 Å². The molecule has 1 saturated carbocycles. The Labute approximate surface area is 259 Å². The molecule has 0 aromatic heterocycles. The van der Waals surface area contributed by atoms with Crippen molar-refractivity contribution in [3.8, 4) is 5.75 Å². The molecule has 0 bridgehead atoms. The van der Waals surface area contributed by atoms with Crippen molar-refractivity contribution >= 4 is 44.8 Å². The first-order valence-corrected chi connectivity index (χ1v) is 17.3. The first-order chi connectivity index (χ1) is 20.4. The first-order valence-electron chi connectivity index (χ1n) is 14.8. The van der Waals surface area contributed by atoms with Crippen LogP contribution in [0.5, 0.6) is 5.75 Å². The molecule has 43 heavy (non-hydrogen) atoms. The van der Waals surface area contributed by atoms with Crippen LogP contribution >= 0.6 is 11.6 Å². The molecule has 0 unspecified atom stereocenters. The predicted octanol–water partition coefficient (Wildman–Crippen LogP) is 2.74. The van der Waals surface area contributed by atoms with E-state index in [1.54, 1.807) is 38.4 Å². The fraction of sp³-hybridized carbons (Fsp3) is 0.567. The van der Waals surface area contributed by atoms with Gasteiger partial charge in [0.2, 0.25) is 11.8 Å². The zero-order chi connectivity index (χ0) is 31.1. The summed E-state index contributed by atoms with van der Waals surface area (Å²) >= 11 is 6.59. The van der Waals surface area contributed by atoms with Gasteiger partial charge in [-0.25, -0.2) is 13.4 Å². The maximum Gasteiger partial charge on any atom is 0.249 e. The van der Waals surface area contributed by atoms with Gasteiger partial charge in [0.25, 0.3) is 0 Å². The number of carbonyl (C=O) groups is 2. The van der Waals surface area contributed by atoms with Crippen molar-refractivity contribution in [1.82, 2.24) is 20.4 Å². The first kappa shape index (κ1) is 32.7. The molecule has 2 amide bonds.